The van der Waals surface area contributed by atoms with Crippen LogP contribution in [0.1, 0.15) is 38.7 Å². The Bertz CT molecular complexity index is 646. The van der Waals surface area contributed by atoms with Gasteiger partial charge in [0.2, 0.25) is 0 Å². The average Bonchev–Trinajstić information content (AvgIpc) is 2.59. The first-order valence-corrected chi connectivity index (χ1v) is 8.34. The van der Waals surface area contributed by atoms with E-state index < -0.39 is 35.7 Å². The number of piperidine rings is 1. The number of hydrogen-bond donors (Lipinski definition) is 1. The summed E-state index contributed by atoms with van der Waals surface area (Å²) in [5.74, 6) is -1.26. The molecule has 26 heavy (non-hydrogen) atoms. The largest absolute Gasteiger partial charge is 0.481 e. The molecule has 2 atom stereocenters. The van der Waals surface area contributed by atoms with Gasteiger partial charge in [-0.25, -0.2) is 4.79 Å². The van der Waals surface area contributed by atoms with Gasteiger partial charge in [-0.05, 0) is 38.7 Å². The Morgan fingerprint density at radius 3 is 2.27 bits per heavy atom. The van der Waals surface area contributed by atoms with Crippen LogP contribution in [0.5, 0.6) is 0 Å². The summed E-state index contributed by atoms with van der Waals surface area (Å²) < 4.78 is 45.5. The summed E-state index contributed by atoms with van der Waals surface area (Å²) in [6.07, 6.45) is -5.70. The van der Waals surface area contributed by atoms with Crippen LogP contribution in [0.2, 0.25) is 0 Å². The highest BCUT2D eigenvalue weighted by molar-refractivity contribution is 5.77. The molecule has 1 aromatic rings. The van der Waals surface area contributed by atoms with E-state index in [0.717, 1.165) is 0 Å². The lowest BCUT2D eigenvalue weighted by molar-refractivity contribution is -0.201. The third kappa shape index (κ3) is 4.28. The van der Waals surface area contributed by atoms with Gasteiger partial charge in [-0.1, -0.05) is 30.3 Å². The van der Waals surface area contributed by atoms with Crippen molar-refractivity contribution in [2.24, 2.45) is 5.41 Å². The van der Waals surface area contributed by atoms with E-state index in [4.69, 9.17) is 4.74 Å². The standard InChI is InChI=1S/C18H22F3NO4/c1-17(2,15(23)24)13-9-6-10-14(18(19,20)21)22(13)16(25)26-11-12-7-4-3-5-8-12/h3-5,7-8,13-14H,6,9-11H2,1-2H3,(H,23,24)/t13-,14+/m1/s1. The van der Waals surface area contributed by atoms with Crippen molar-refractivity contribution in [1.82, 2.24) is 4.90 Å². The van der Waals surface area contributed by atoms with Crippen molar-refractivity contribution in [3.05, 3.63) is 35.9 Å². The number of nitrogens with zero attached hydrogens (tertiary/aromatic N) is 1. The van der Waals surface area contributed by atoms with Crippen LogP contribution in [0.25, 0.3) is 0 Å². The first-order chi connectivity index (χ1) is 12.0. The van der Waals surface area contributed by atoms with Gasteiger partial charge in [0, 0.05) is 0 Å². The normalized spacial score (nSPS) is 21.3. The number of halogens is 3. The Hall–Kier alpha value is -2.25. The van der Waals surface area contributed by atoms with E-state index in [-0.39, 0.29) is 25.9 Å². The minimum Gasteiger partial charge on any atom is -0.481 e. The number of hydrogen-bond acceptors (Lipinski definition) is 3. The molecule has 0 spiro atoms. The highest BCUT2D eigenvalue weighted by atomic mass is 19.4. The molecular formula is C18H22F3NO4. The molecule has 1 heterocycles. The Morgan fingerprint density at radius 2 is 1.73 bits per heavy atom. The number of carbonyl (C=O) groups excluding carboxylic acids is 1. The average molecular weight is 373 g/mol. The van der Waals surface area contributed by atoms with E-state index in [1.807, 2.05) is 0 Å². The summed E-state index contributed by atoms with van der Waals surface area (Å²) in [5, 5.41) is 9.43. The molecule has 2 rings (SSSR count). The molecule has 0 aromatic heterocycles. The van der Waals surface area contributed by atoms with Crippen LogP contribution in [0.15, 0.2) is 30.3 Å². The molecule has 5 nitrogen and oxygen atoms in total. The van der Waals surface area contributed by atoms with Gasteiger partial charge in [0.05, 0.1) is 11.5 Å². The minimum absolute atomic E-state index is 0.173. The molecule has 144 valence electrons. The van der Waals surface area contributed by atoms with Crippen molar-refractivity contribution in [1.29, 1.82) is 0 Å². The zero-order valence-electron chi connectivity index (χ0n) is 14.6. The number of carboxylic acids is 1. The van der Waals surface area contributed by atoms with Gasteiger partial charge >= 0.3 is 18.2 Å². The van der Waals surface area contributed by atoms with Crippen molar-refractivity contribution in [2.45, 2.75) is 58.0 Å². The number of carbonyl (C=O) groups is 2. The van der Waals surface area contributed by atoms with Crippen LogP contribution >= 0.6 is 0 Å². The predicted molar refractivity (Wildman–Crippen MR) is 87.4 cm³/mol. The lowest BCUT2D eigenvalue weighted by atomic mass is 9.77. The molecule has 1 N–H and O–H groups in total. The Labute approximate surface area is 149 Å². The Kier molecular flexibility index (Phi) is 5.83. The smallest absolute Gasteiger partial charge is 0.410 e. The van der Waals surface area contributed by atoms with Gasteiger partial charge in [-0.15, -0.1) is 0 Å². The maximum Gasteiger partial charge on any atom is 0.410 e. The third-order valence-corrected chi connectivity index (χ3v) is 4.80. The van der Waals surface area contributed by atoms with Crippen molar-refractivity contribution < 1.29 is 32.6 Å². The molecule has 8 heteroatoms. The number of carboxylic acid groups (broad SMARTS) is 1. The molecule has 0 radical (unpaired) electrons. The minimum atomic E-state index is -4.65. The maximum atomic E-state index is 13.5. The maximum absolute atomic E-state index is 13.5. The summed E-state index contributed by atoms with van der Waals surface area (Å²) in [7, 11) is 0. The summed E-state index contributed by atoms with van der Waals surface area (Å²) >= 11 is 0. The van der Waals surface area contributed by atoms with E-state index in [2.05, 4.69) is 0 Å². The number of amides is 1. The molecule has 1 amide bonds. The van der Waals surface area contributed by atoms with Gasteiger partial charge in [-0.3, -0.25) is 9.69 Å². The fraction of sp³-hybridized carbons (Fsp3) is 0.556. The van der Waals surface area contributed by atoms with E-state index in [9.17, 15) is 27.9 Å². The summed E-state index contributed by atoms with van der Waals surface area (Å²) in [5.41, 5.74) is -0.897. The van der Waals surface area contributed by atoms with Gasteiger partial charge in [0.15, 0.2) is 0 Å². The summed E-state index contributed by atoms with van der Waals surface area (Å²) in [6.45, 7) is 2.48. The lowest BCUT2D eigenvalue weighted by Gasteiger charge is -2.46. The van der Waals surface area contributed by atoms with Crippen LogP contribution in [-0.2, 0) is 16.1 Å². The van der Waals surface area contributed by atoms with E-state index in [1.165, 1.54) is 13.8 Å². The van der Waals surface area contributed by atoms with Gasteiger partial charge in [-0.2, -0.15) is 13.2 Å². The van der Waals surface area contributed by atoms with Crippen LogP contribution < -0.4 is 0 Å². The van der Waals surface area contributed by atoms with Crippen molar-refractivity contribution in [3.8, 4) is 0 Å². The topological polar surface area (TPSA) is 66.8 Å². The van der Waals surface area contributed by atoms with E-state index in [0.29, 0.717) is 10.5 Å². The number of rotatable bonds is 4. The van der Waals surface area contributed by atoms with Crippen LogP contribution in [0.3, 0.4) is 0 Å². The highest BCUT2D eigenvalue weighted by Crippen LogP contribution is 2.41. The first-order valence-electron chi connectivity index (χ1n) is 8.34. The summed E-state index contributed by atoms with van der Waals surface area (Å²) in [4.78, 5) is 24.7. The number of benzene rings is 1. The summed E-state index contributed by atoms with van der Waals surface area (Å²) in [6, 6.07) is 5.41. The molecule has 1 saturated heterocycles. The number of likely N-dealkylation sites (tertiary alicyclic amines) is 1. The number of alkyl halides is 3. The molecule has 1 aromatic carbocycles. The molecule has 1 fully saturated rings. The second-order valence-electron chi connectivity index (χ2n) is 6.98. The SMILES string of the molecule is CC(C)(C(=O)O)[C@H]1CCC[C@@H](C(F)(F)F)N1C(=O)OCc1ccccc1. The molecule has 0 aliphatic carbocycles. The molecule has 0 bridgehead atoms. The van der Waals surface area contributed by atoms with Gasteiger partial charge in [0.25, 0.3) is 0 Å². The lowest BCUT2D eigenvalue weighted by Crippen LogP contribution is -2.61. The fourth-order valence-electron chi connectivity index (χ4n) is 3.22. The second kappa shape index (κ2) is 7.55. The van der Waals surface area contributed by atoms with Crippen LogP contribution in [0.4, 0.5) is 18.0 Å². The number of ether oxygens (including phenoxy) is 1. The Morgan fingerprint density at radius 1 is 1.15 bits per heavy atom. The molecule has 1 aliphatic rings. The molecule has 0 saturated carbocycles. The quantitative estimate of drug-likeness (QED) is 0.858. The monoisotopic (exact) mass is 373 g/mol. The molecule has 1 aliphatic heterocycles. The second-order valence-corrected chi connectivity index (χ2v) is 6.98. The molecular weight excluding hydrogens is 351 g/mol. The van der Waals surface area contributed by atoms with Crippen LogP contribution in [0, 0.1) is 5.41 Å². The fourth-order valence-corrected chi connectivity index (χ4v) is 3.22. The van der Waals surface area contributed by atoms with E-state index >= 15 is 0 Å². The zero-order valence-corrected chi connectivity index (χ0v) is 14.6. The van der Waals surface area contributed by atoms with Crippen molar-refractivity contribution in [2.75, 3.05) is 0 Å². The van der Waals surface area contributed by atoms with Crippen LogP contribution in [-0.4, -0.2) is 40.3 Å². The zero-order chi connectivity index (χ0) is 19.5. The highest BCUT2D eigenvalue weighted by Gasteiger charge is 2.54. The van der Waals surface area contributed by atoms with Crippen molar-refractivity contribution in [3.63, 3.8) is 0 Å². The Balaban J connectivity index is 2.27. The molecule has 0 unspecified atom stereocenters. The predicted octanol–water partition coefficient (Wildman–Crippen LogP) is 4.22. The third-order valence-electron chi connectivity index (χ3n) is 4.80. The number of aliphatic carboxylic acids is 1. The first kappa shape index (κ1) is 20.1. The van der Waals surface area contributed by atoms with Gasteiger partial charge in [0.1, 0.15) is 12.6 Å². The van der Waals surface area contributed by atoms with Gasteiger partial charge < -0.3 is 9.84 Å². The van der Waals surface area contributed by atoms with Crippen molar-refractivity contribution >= 4 is 12.1 Å². The van der Waals surface area contributed by atoms with E-state index in [1.54, 1.807) is 30.3 Å².